The molecule has 0 fully saturated rings. The first-order valence-corrected chi connectivity index (χ1v) is 12.7. The van der Waals surface area contributed by atoms with Gasteiger partial charge in [-0.3, -0.25) is 9.78 Å². The molecule has 0 aliphatic carbocycles. The van der Waals surface area contributed by atoms with Crippen LogP contribution in [0.3, 0.4) is 0 Å². The molecule has 4 aromatic rings. The topological polar surface area (TPSA) is 106 Å². The fourth-order valence-electron chi connectivity index (χ4n) is 3.69. The van der Waals surface area contributed by atoms with Crippen LogP contribution in [-0.4, -0.2) is 46.0 Å². The molecule has 0 amide bonds. The van der Waals surface area contributed by atoms with Crippen LogP contribution in [0.5, 0.6) is 0 Å². The number of benzene rings is 1. The summed E-state index contributed by atoms with van der Waals surface area (Å²) in [6, 6.07) is 8.60. The number of Topliss-reactive ketones (excluding diaryl/α,β-unsaturated/α-hetero) is 1. The molecule has 3 aromatic heterocycles. The number of ketones is 1. The monoisotopic (exact) mass is 532 g/mol. The molecule has 0 N–H and O–H groups in total. The van der Waals surface area contributed by atoms with Gasteiger partial charge in [-0.2, -0.15) is 17.5 Å². The highest BCUT2D eigenvalue weighted by Crippen LogP contribution is 2.31. The first kappa shape index (κ1) is 26.4. The Morgan fingerprint density at radius 3 is 2.46 bits per heavy atom. The van der Waals surface area contributed by atoms with Crippen LogP contribution in [0.4, 0.5) is 13.2 Å². The van der Waals surface area contributed by atoms with Crippen LogP contribution in [0.2, 0.25) is 0 Å². The second-order valence-corrected chi connectivity index (χ2v) is 10.5. The molecule has 0 atom stereocenters. The van der Waals surface area contributed by atoms with Crippen LogP contribution in [-0.2, 0) is 27.4 Å². The van der Waals surface area contributed by atoms with Gasteiger partial charge in [0.05, 0.1) is 17.8 Å². The number of hydrogen-bond donors (Lipinski definition) is 0. The lowest BCUT2D eigenvalue weighted by molar-refractivity contribution is -0.137. The Balaban J connectivity index is 1.44. The molecule has 0 aliphatic rings. The number of pyridine rings is 1. The molecule has 4 rings (SSSR count). The van der Waals surface area contributed by atoms with Gasteiger partial charge in [0.25, 0.3) is 10.0 Å². The number of sulfonamides is 1. The quantitative estimate of drug-likeness (QED) is 0.302. The van der Waals surface area contributed by atoms with Gasteiger partial charge in [-0.1, -0.05) is 12.1 Å². The second kappa shape index (κ2) is 10.4. The van der Waals surface area contributed by atoms with Crippen molar-refractivity contribution in [1.82, 2.24) is 19.3 Å². The maximum absolute atomic E-state index is 13.2. The third-order valence-electron chi connectivity index (χ3n) is 5.66. The largest absolute Gasteiger partial charge is 0.443 e. The Morgan fingerprint density at radius 2 is 1.81 bits per heavy atom. The molecule has 3 heterocycles. The highest BCUT2D eigenvalue weighted by molar-refractivity contribution is 7.89. The number of carbonyl (C=O) groups is 1. The molecule has 194 valence electrons. The summed E-state index contributed by atoms with van der Waals surface area (Å²) in [5, 5.41) is 0.262. The Morgan fingerprint density at radius 1 is 1.08 bits per heavy atom. The normalized spacial score (nSPS) is 12.5. The minimum absolute atomic E-state index is 0.00621. The van der Waals surface area contributed by atoms with Crippen molar-refractivity contribution >= 4 is 26.8 Å². The van der Waals surface area contributed by atoms with E-state index >= 15 is 0 Å². The highest BCUT2D eigenvalue weighted by Gasteiger charge is 2.32. The smallest absolute Gasteiger partial charge is 0.416 e. The Kier molecular flexibility index (Phi) is 7.42. The minimum atomic E-state index is -4.44. The van der Waals surface area contributed by atoms with E-state index in [1.165, 1.54) is 36.9 Å². The number of aryl methyl sites for hydroxylation is 1. The molecule has 0 aliphatic heterocycles. The first-order valence-electron chi connectivity index (χ1n) is 11.3. The van der Waals surface area contributed by atoms with E-state index in [-0.39, 0.29) is 30.3 Å². The number of furan rings is 1. The Hall–Kier alpha value is -3.64. The van der Waals surface area contributed by atoms with Crippen molar-refractivity contribution in [2.75, 3.05) is 6.54 Å². The van der Waals surface area contributed by atoms with Crippen LogP contribution in [0.1, 0.15) is 31.5 Å². The van der Waals surface area contributed by atoms with E-state index in [9.17, 15) is 26.4 Å². The van der Waals surface area contributed by atoms with Crippen molar-refractivity contribution in [1.29, 1.82) is 0 Å². The van der Waals surface area contributed by atoms with Gasteiger partial charge in [-0.15, -0.1) is 0 Å². The molecular weight excluding hydrogens is 509 g/mol. The minimum Gasteiger partial charge on any atom is -0.443 e. The molecule has 0 unspecified atom stereocenters. The zero-order valence-electron chi connectivity index (χ0n) is 19.9. The van der Waals surface area contributed by atoms with Crippen molar-refractivity contribution < 1.29 is 30.8 Å². The molecule has 0 radical (unpaired) electrons. The zero-order chi connectivity index (χ0) is 26.8. The van der Waals surface area contributed by atoms with E-state index in [0.717, 1.165) is 16.4 Å². The molecule has 1 aromatic carbocycles. The number of nitrogens with zero attached hydrogens (tertiary/aromatic N) is 4. The van der Waals surface area contributed by atoms with Gasteiger partial charge in [0.1, 0.15) is 17.7 Å². The van der Waals surface area contributed by atoms with Gasteiger partial charge in [0, 0.05) is 47.6 Å². The summed E-state index contributed by atoms with van der Waals surface area (Å²) >= 11 is 0. The summed E-state index contributed by atoms with van der Waals surface area (Å²) in [6.07, 6.45) is 0.0256. The number of rotatable bonds is 9. The van der Waals surface area contributed by atoms with Crippen LogP contribution >= 0.6 is 0 Å². The summed E-state index contributed by atoms with van der Waals surface area (Å²) in [7, 11) is -4.08. The fourth-order valence-corrected chi connectivity index (χ4v) is 5.26. The zero-order valence-corrected chi connectivity index (χ0v) is 20.8. The second-order valence-electron chi connectivity index (χ2n) is 8.63. The number of fused-ring (bicyclic) bond motifs is 1. The summed E-state index contributed by atoms with van der Waals surface area (Å²) in [5.74, 6) is -0.329. The third-order valence-corrected chi connectivity index (χ3v) is 7.53. The number of hydrogen-bond acceptors (Lipinski definition) is 7. The summed E-state index contributed by atoms with van der Waals surface area (Å²) < 4.78 is 71.4. The summed E-state index contributed by atoms with van der Waals surface area (Å²) in [4.78, 5) is 25.0. The Labute approximate surface area is 211 Å². The number of aromatic nitrogens is 3. The number of alkyl halides is 3. The van der Waals surface area contributed by atoms with E-state index < -0.39 is 27.8 Å². The number of halogens is 3. The third kappa shape index (κ3) is 6.03. The lowest BCUT2D eigenvalue weighted by Crippen LogP contribution is -2.40. The molecule has 0 saturated heterocycles. The van der Waals surface area contributed by atoms with Gasteiger partial charge < -0.3 is 4.42 Å². The standard InChI is InChI=1S/C25H23F3N4O4S/c1-16(2)32(37(34,35)24-11-18-13-29-10-9-23(18)36-24)14-21(33)8-7-20-12-22(31-15-30-20)17-3-5-19(6-4-17)25(26,27)28/h3-6,9-13,15-16H,7-8,14H2,1-2H3. The van der Waals surface area contributed by atoms with E-state index in [4.69, 9.17) is 4.42 Å². The predicted octanol–water partition coefficient (Wildman–Crippen LogP) is 4.90. The van der Waals surface area contributed by atoms with E-state index in [1.807, 2.05) is 0 Å². The summed E-state index contributed by atoms with van der Waals surface area (Å²) in [6.45, 7) is 2.97. The van der Waals surface area contributed by atoms with Gasteiger partial charge in [0.15, 0.2) is 0 Å². The average molecular weight is 533 g/mol. The van der Waals surface area contributed by atoms with Crippen molar-refractivity contribution in [3.8, 4) is 11.3 Å². The first-order chi connectivity index (χ1) is 17.4. The molecule has 0 spiro atoms. The molecule has 12 heteroatoms. The maximum atomic E-state index is 13.2. The molecule has 0 bridgehead atoms. The van der Waals surface area contributed by atoms with Gasteiger partial charge in [-0.05, 0) is 44.5 Å². The number of carbonyl (C=O) groups excluding carboxylic acids is 1. The van der Waals surface area contributed by atoms with Crippen LogP contribution in [0.15, 0.2) is 70.7 Å². The van der Waals surface area contributed by atoms with Gasteiger partial charge in [-0.25, -0.2) is 18.4 Å². The van der Waals surface area contributed by atoms with Gasteiger partial charge in [0.2, 0.25) is 5.09 Å². The van der Waals surface area contributed by atoms with Crippen molar-refractivity contribution in [2.45, 2.75) is 44.0 Å². The lowest BCUT2D eigenvalue weighted by atomic mass is 10.1. The Bertz CT molecular complexity index is 1480. The van der Waals surface area contributed by atoms with Crippen molar-refractivity contribution in [2.24, 2.45) is 0 Å². The van der Waals surface area contributed by atoms with Gasteiger partial charge >= 0.3 is 6.18 Å². The highest BCUT2D eigenvalue weighted by atomic mass is 32.2. The summed E-state index contributed by atoms with van der Waals surface area (Å²) in [5.41, 5.74) is 0.997. The van der Waals surface area contributed by atoms with Crippen LogP contribution in [0.25, 0.3) is 22.2 Å². The predicted molar refractivity (Wildman–Crippen MR) is 129 cm³/mol. The fraction of sp³-hybridized carbons (Fsp3) is 0.280. The molecule has 8 nitrogen and oxygen atoms in total. The van der Waals surface area contributed by atoms with E-state index in [2.05, 4.69) is 15.0 Å². The lowest BCUT2D eigenvalue weighted by Gasteiger charge is -2.23. The van der Waals surface area contributed by atoms with Crippen LogP contribution in [0, 0.1) is 0 Å². The molecule has 0 saturated carbocycles. The van der Waals surface area contributed by atoms with Crippen molar-refractivity contribution in [3.05, 3.63) is 72.4 Å². The maximum Gasteiger partial charge on any atom is 0.416 e. The van der Waals surface area contributed by atoms with Crippen molar-refractivity contribution in [3.63, 3.8) is 0 Å². The average Bonchev–Trinajstić information content (AvgIpc) is 3.31. The van der Waals surface area contributed by atoms with E-state index in [0.29, 0.717) is 27.9 Å². The van der Waals surface area contributed by atoms with E-state index in [1.54, 1.807) is 26.0 Å². The molecular formula is C25H23F3N4O4S. The molecule has 37 heavy (non-hydrogen) atoms. The SMILES string of the molecule is CC(C)N(CC(=O)CCc1cc(-c2ccc(C(F)(F)F)cc2)ncn1)S(=O)(=O)c1cc2cnccc2o1. The van der Waals surface area contributed by atoms with Crippen LogP contribution < -0.4 is 0 Å².